The van der Waals surface area contributed by atoms with Crippen molar-refractivity contribution in [1.82, 2.24) is 10.2 Å². The van der Waals surface area contributed by atoms with Gasteiger partial charge in [-0.1, -0.05) is 36.9 Å². The summed E-state index contributed by atoms with van der Waals surface area (Å²) in [7, 11) is 3.34. The largest absolute Gasteiger partial charge is 0.497 e. The van der Waals surface area contributed by atoms with E-state index in [1.807, 2.05) is 18.2 Å². The number of hydrogen-bond donors (Lipinski definition) is 1. The molecule has 0 aliphatic heterocycles. The van der Waals surface area contributed by atoms with Crippen molar-refractivity contribution < 1.29 is 9.47 Å². The Hall–Kier alpha value is -1.47. The van der Waals surface area contributed by atoms with Gasteiger partial charge in [-0.15, -0.1) is 10.2 Å². The van der Waals surface area contributed by atoms with Crippen LogP contribution in [0.1, 0.15) is 19.4 Å². The lowest BCUT2D eigenvalue weighted by molar-refractivity contribution is 0.400. The molecule has 5 nitrogen and oxygen atoms in total. The molecule has 7 heteroatoms. The number of ether oxygens (including phenoxy) is 2. The van der Waals surface area contributed by atoms with E-state index in [9.17, 15) is 0 Å². The topological polar surface area (TPSA) is 56.3 Å². The van der Waals surface area contributed by atoms with E-state index in [-0.39, 0.29) is 0 Å². The van der Waals surface area contributed by atoms with Crippen molar-refractivity contribution in [3.8, 4) is 11.5 Å². The number of nitrogens with zero attached hydrogens (tertiary/aromatic N) is 2. The van der Waals surface area contributed by atoms with Crippen molar-refractivity contribution in [1.29, 1.82) is 0 Å². The lowest BCUT2D eigenvalue weighted by Crippen LogP contribution is -2.07. The van der Waals surface area contributed by atoms with Crippen LogP contribution in [0.5, 0.6) is 11.5 Å². The van der Waals surface area contributed by atoms with Gasteiger partial charge < -0.3 is 14.8 Å². The van der Waals surface area contributed by atoms with E-state index in [0.29, 0.717) is 5.92 Å². The molecule has 0 saturated carbocycles. The molecule has 0 saturated heterocycles. The molecule has 0 spiro atoms. The van der Waals surface area contributed by atoms with E-state index >= 15 is 0 Å². The van der Waals surface area contributed by atoms with Crippen LogP contribution >= 0.6 is 23.1 Å². The average molecular weight is 339 g/mol. The zero-order valence-corrected chi connectivity index (χ0v) is 14.9. The fourth-order valence-corrected chi connectivity index (χ4v) is 3.50. The van der Waals surface area contributed by atoms with E-state index < -0.39 is 0 Å². The minimum atomic E-state index is 0.584. The molecule has 0 fully saturated rings. The summed E-state index contributed by atoms with van der Waals surface area (Å²) in [5, 5.41) is 12.5. The minimum absolute atomic E-state index is 0.584. The molecular weight excluding hydrogens is 318 g/mol. The van der Waals surface area contributed by atoms with E-state index in [4.69, 9.17) is 9.47 Å². The highest BCUT2D eigenvalue weighted by Crippen LogP contribution is 2.33. The standard InChI is InChI=1S/C15H21N3O2S2/c1-10(2)8-16-14-17-18-15(22-14)21-9-11-7-12(19-3)5-6-13(11)20-4/h5-7,10H,8-9H2,1-4H3,(H,16,17). The molecule has 2 aromatic rings. The first kappa shape index (κ1) is 16.9. The third kappa shape index (κ3) is 4.78. The van der Waals surface area contributed by atoms with Gasteiger partial charge in [-0.25, -0.2) is 0 Å². The second kappa shape index (κ2) is 8.24. The Bertz CT molecular complexity index is 602. The molecule has 1 aromatic carbocycles. The average Bonchev–Trinajstić information content (AvgIpc) is 2.98. The Morgan fingerprint density at radius 2 is 2.05 bits per heavy atom. The van der Waals surface area contributed by atoms with Crippen molar-refractivity contribution >= 4 is 28.2 Å². The second-order valence-corrected chi connectivity index (χ2v) is 7.31. The zero-order valence-electron chi connectivity index (χ0n) is 13.3. The smallest absolute Gasteiger partial charge is 0.206 e. The summed E-state index contributed by atoms with van der Waals surface area (Å²) in [5.41, 5.74) is 1.08. The zero-order chi connectivity index (χ0) is 15.9. The Labute approximate surface area is 139 Å². The van der Waals surface area contributed by atoms with Crippen molar-refractivity contribution in [3.05, 3.63) is 23.8 Å². The normalized spacial score (nSPS) is 10.8. The predicted octanol–water partition coefficient (Wildman–Crippen LogP) is 3.92. The van der Waals surface area contributed by atoms with E-state index in [1.165, 1.54) is 0 Å². The molecule has 1 heterocycles. The molecule has 0 bridgehead atoms. The third-order valence-corrected chi connectivity index (χ3v) is 4.97. The van der Waals surface area contributed by atoms with E-state index in [1.54, 1.807) is 37.3 Å². The number of nitrogens with one attached hydrogen (secondary N) is 1. The summed E-state index contributed by atoms with van der Waals surface area (Å²) < 4.78 is 11.6. The highest BCUT2D eigenvalue weighted by Gasteiger charge is 2.09. The highest BCUT2D eigenvalue weighted by atomic mass is 32.2. The number of rotatable bonds is 8. The van der Waals surface area contributed by atoms with Crippen LogP contribution in [-0.2, 0) is 5.75 Å². The Morgan fingerprint density at radius 3 is 2.73 bits per heavy atom. The molecule has 0 aliphatic rings. The van der Waals surface area contributed by atoms with Gasteiger partial charge in [0.25, 0.3) is 0 Å². The van der Waals surface area contributed by atoms with Gasteiger partial charge in [0.1, 0.15) is 11.5 Å². The molecule has 22 heavy (non-hydrogen) atoms. The quantitative estimate of drug-likeness (QED) is 0.736. The Balaban J connectivity index is 1.98. The molecule has 0 unspecified atom stereocenters. The summed E-state index contributed by atoms with van der Waals surface area (Å²) >= 11 is 3.22. The van der Waals surface area contributed by atoms with Gasteiger partial charge in [0, 0.05) is 17.9 Å². The lowest BCUT2D eigenvalue weighted by atomic mass is 10.2. The SMILES string of the molecule is COc1ccc(OC)c(CSc2nnc(NCC(C)C)s2)c1. The maximum absolute atomic E-state index is 5.39. The number of methoxy groups -OCH3 is 2. The van der Waals surface area contributed by atoms with Crippen LogP contribution in [-0.4, -0.2) is 31.0 Å². The van der Waals surface area contributed by atoms with Crippen LogP contribution in [0.3, 0.4) is 0 Å². The van der Waals surface area contributed by atoms with Crippen LogP contribution in [0.4, 0.5) is 5.13 Å². The third-order valence-electron chi connectivity index (χ3n) is 2.91. The molecule has 2 rings (SSSR count). The highest BCUT2D eigenvalue weighted by molar-refractivity contribution is 8.00. The number of hydrogen-bond acceptors (Lipinski definition) is 7. The lowest BCUT2D eigenvalue weighted by Gasteiger charge is -2.09. The Kier molecular flexibility index (Phi) is 6.33. The van der Waals surface area contributed by atoms with Crippen LogP contribution < -0.4 is 14.8 Å². The van der Waals surface area contributed by atoms with Gasteiger partial charge in [0.2, 0.25) is 5.13 Å². The number of anilines is 1. The number of benzene rings is 1. The predicted molar refractivity (Wildman–Crippen MR) is 92.3 cm³/mol. The minimum Gasteiger partial charge on any atom is -0.497 e. The van der Waals surface area contributed by atoms with Crippen LogP contribution in [0, 0.1) is 5.92 Å². The van der Waals surface area contributed by atoms with Gasteiger partial charge in [-0.2, -0.15) is 0 Å². The Morgan fingerprint density at radius 1 is 1.23 bits per heavy atom. The fraction of sp³-hybridized carbons (Fsp3) is 0.467. The van der Waals surface area contributed by atoms with Crippen LogP contribution in [0.2, 0.25) is 0 Å². The van der Waals surface area contributed by atoms with Gasteiger partial charge in [-0.05, 0) is 24.1 Å². The van der Waals surface area contributed by atoms with Crippen LogP contribution in [0.25, 0.3) is 0 Å². The summed E-state index contributed by atoms with van der Waals surface area (Å²) in [6.45, 7) is 5.24. The summed E-state index contributed by atoms with van der Waals surface area (Å²) in [5.74, 6) is 3.03. The summed E-state index contributed by atoms with van der Waals surface area (Å²) in [6.07, 6.45) is 0. The number of thioether (sulfide) groups is 1. The number of aromatic nitrogens is 2. The molecular formula is C15H21N3O2S2. The van der Waals surface area contributed by atoms with Gasteiger partial charge >= 0.3 is 0 Å². The summed E-state index contributed by atoms with van der Waals surface area (Å²) in [4.78, 5) is 0. The molecule has 0 radical (unpaired) electrons. The monoisotopic (exact) mass is 339 g/mol. The fourth-order valence-electron chi connectivity index (χ4n) is 1.77. The van der Waals surface area contributed by atoms with Crippen LogP contribution in [0.15, 0.2) is 22.5 Å². The second-order valence-electron chi connectivity index (χ2n) is 5.11. The molecule has 1 N–H and O–H groups in total. The first-order chi connectivity index (χ1) is 10.6. The van der Waals surface area contributed by atoms with Gasteiger partial charge in [-0.3, -0.25) is 0 Å². The molecule has 0 aliphatic carbocycles. The van der Waals surface area contributed by atoms with E-state index in [0.717, 1.165) is 38.8 Å². The molecule has 0 amide bonds. The van der Waals surface area contributed by atoms with Gasteiger partial charge in [0.05, 0.1) is 14.2 Å². The maximum Gasteiger partial charge on any atom is 0.206 e. The molecule has 1 aromatic heterocycles. The molecule has 0 atom stereocenters. The van der Waals surface area contributed by atoms with Crippen molar-refractivity contribution in [2.24, 2.45) is 5.92 Å². The first-order valence-electron chi connectivity index (χ1n) is 7.03. The van der Waals surface area contributed by atoms with Crippen molar-refractivity contribution in [2.45, 2.75) is 23.9 Å². The van der Waals surface area contributed by atoms with Crippen molar-refractivity contribution in [2.75, 3.05) is 26.1 Å². The molecule has 120 valence electrons. The summed E-state index contributed by atoms with van der Waals surface area (Å²) in [6, 6.07) is 5.81. The van der Waals surface area contributed by atoms with E-state index in [2.05, 4.69) is 29.4 Å². The van der Waals surface area contributed by atoms with Crippen molar-refractivity contribution in [3.63, 3.8) is 0 Å². The first-order valence-corrected chi connectivity index (χ1v) is 8.83. The van der Waals surface area contributed by atoms with Gasteiger partial charge in [0.15, 0.2) is 4.34 Å². The maximum atomic E-state index is 5.39.